The van der Waals surface area contributed by atoms with Gasteiger partial charge < -0.3 is 4.74 Å². The summed E-state index contributed by atoms with van der Waals surface area (Å²) in [6.07, 6.45) is 2.87. The lowest BCUT2D eigenvalue weighted by Gasteiger charge is -2.37. The summed E-state index contributed by atoms with van der Waals surface area (Å²) in [6.45, 7) is 0.204. The predicted octanol–water partition coefficient (Wildman–Crippen LogP) is 2.30. The number of hydrogen-bond donors (Lipinski definition) is 0. The van der Waals surface area contributed by atoms with Crippen LogP contribution in [0.2, 0.25) is 0 Å². The number of carbonyl (C=O) groups is 1. The van der Waals surface area contributed by atoms with Crippen molar-refractivity contribution in [3.05, 3.63) is 83.0 Å². The molecular formula is C22H19N5O3. The fourth-order valence-electron chi connectivity index (χ4n) is 3.82. The summed E-state index contributed by atoms with van der Waals surface area (Å²) < 4.78 is 8.78. The van der Waals surface area contributed by atoms with Crippen molar-refractivity contribution >= 4 is 22.6 Å². The molecule has 0 saturated carbocycles. The van der Waals surface area contributed by atoms with Gasteiger partial charge >= 0.3 is 0 Å². The highest BCUT2D eigenvalue weighted by atomic mass is 16.5. The molecule has 0 bridgehead atoms. The molecule has 150 valence electrons. The summed E-state index contributed by atoms with van der Waals surface area (Å²) in [4.78, 5) is 32.3. The van der Waals surface area contributed by atoms with Crippen LogP contribution in [0.15, 0.2) is 71.9 Å². The number of aromatic nitrogens is 4. The molecule has 1 amide bonds. The first-order valence-electron chi connectivity index (χ1n) is 9.59. The summed E-state index contributed by atoms with van der Waals surface area (Å²) in [5, 5.41) is 4.46. The van der Waals surface area contributed by atoms with Gasteiger partial charge in [0.2, 0.25) is 5.91 Å². The Morgan fingerprint density at radius 2 is 1.90 bits per heavy atom. The standard InChI is InChI=1S/C22H19N5O3/c1-25-21-16(11-24-25)22(29)26(14-23-21)12-20(28)27-17-9-5-6-10-19(17)30-13-18(27)15-7-3-2-4-8-15/h2-11,14,18H,12-13H2,1H3/t18-/m1/s1. The molecule has 5 rings (SSSR count). The second kappa shape index (κ2) is 7.14. The van der Waals surface area contributed by atoms with Crippen molar-refractivity contribution in [1.29, 1.82) is 0 Å². The predicted molar refractivity (Wildman–Crippen MR) is 111 cm³/mol. The molecule has 2 aromatic heterocycles. The van der Waals surface area contributed by atoms with Crippen molar-refractivity contribution < 1.29 is 9.53 Å². The summed E-state index contributed by atoms with van der Waals surface area (Å²) >= 11 is 0. The number of hydrogen-bond acceptors (Lipinski definition) is 5. The van der Waals surface area contributed by atoms with Gasteiger partial charge in [0.1, 0.15) is 30.6 Å². The van der Waals surface area contributed by atoms with Gasteiger partial charge in [0.05, 0.1) is 17.9 Å². The van der Waals surface area contributed by atoms with Crippen LogP contribution in [0, 0.1) is 0 Å². The van der Waals surface area contributed by atoms with Gasteiger partial charge in [0.15, 0.2) is 5.65 Å². The van der Waals surface area contributed by atoms with Crippen molar-refractivity contribution in [3.8, 4) is 5.75 Å². The molecule has 0 spiro atoms. The van der Waals surface area contributed by atoms with Crippen molar-refractivity contribution in [2.45, 2.75) is 12.6 Å². The van der Waals surface area contributed by atoms with Gasteiger partial charge in [-0.3, -0.25) is 23.7 Å². The molecule has 0 saturated heterocycles. The first-order chi connectivity index (χ1) is 14.6. The Morgan fingerprint density at radius 1 is 1.13 bits per heavy atom. The Labute approximate surface area is 171 Å². The molecule has 0 aliphatic carbocycles. The molecule has 0 unspecified atom stereocenters. The topological polar surface area (TPSA) is 82.2 Å². The van der Waals surface area contributed by atoms with Crippen LogP contribution in [0.1, 0.15) is 11.6 Å². The average Bonchev–Trinajstić information content (AvgIpc) is 3.16. The maximum atomic E-state index is 13.5. The molecule has 4 aromatic rings. The minimum atomic E-state index is -0.292. The third kappa shape index (κ3) is 2.93. The van der Waals surface area contributed by atoms with Crippen LogP contribution < -0.4 is 15.2 Å². The maximum Gasteiger partial charge on any atom is 0.264 e. The lowest BCUT2D eigenvalue weighted by Crippen LogP contribution is -2.43. The van der Waals surface area contributed by atoms with E-state index < -0.39 is 0 Å². The number of carbonyl (C=O) groups excluding carboxylic acids is 1. The number of aryl methyl sites for hydroxylation is 1. The summed E-state index contributed by atoms with van der Waals surface area (Å²) in [6, 6.07) is 16.9. The van der Waals surface area contributed by atoms with Crippen molar-refractivity contribution in [2.75, 3.05) is 11.5 Å². The van der Waals surface area contributed by atoms with E-state index in [9.17, 15) is 9.59 Å². The SMILES string of the molecule is Cn1ncc2c(=O)n(CC(=O)N3c4ccccc4OC[C@@H]3c3ccccc3)cnc21. The van der Waals surface area contributed by atoms with Crippen LogP contribution in [0.25, 0.3) is 11.0 Å². The van der Waals surface area contributed by atoms with Crippen LogP contribution in [-0.4, -0.2) is 31.8 Å². The Morgan fingerprint density at radius 3 is 2.73 bits per heavy atom. The van der Waals surface area contributed by atoms with Crippen molar-refractivity contribution in [3.63, 3.8) is 0 Å². The number of nitrogens with zero attached hydrogens (tertiary/aromatic N) is 5. The van der Waals surface area contributed by atoms with E-state index in [2.05, 4.69) is 10.1 Å². The van der Waals surface area contributed by atoms with E-state index in [-0.39, 0.29) is 24.1 Å². The largest absolute Gasteiger partial charge is 0.489 e. The van der Waals surface area contributed by atoms with E-state index in [0.717, 1.165) is 5.56 Å². The van der Waals surface area contributed by atoms with Gasteiger partial charge in [-0.15, -0.1) is 0 Å². The lowest BCUT2D eigenvalue weighted by atomic mass is 10.0. The second-order valence-electron chi connectivity index (χ2n) is 7.15. The smallest absolute Gasteiger partial charge is 0.264 e. The van der Waals surface area contributed by atoms with E-state index in [1.807, 2.05) is 54.6 Å². The number of para-hydroxylation sites is 2. The highest BCUT2D eigenvalue weighted by molar-refractivity contribution is 5.96. The minimum absolute atomic E-state index is 0.131. The number of anilines is 1. The molecule has 3 heterocycles. The van der Waals surface area contributed by atoms with E-state index in [4.69, 9.17) is 4.74 Å². The zero-order valence-corrected chi connectivity index (χ0v) is 16.3. The molecule has 0 fully saturated rings. The van der Waals surface area contributed by atoms with E-state index in [1.54, 1.807) is 11.9 Å². The third-order valence-electron chi connectivity index (χ3n) is 5.31. The molecular weight excluding hydrogens is 382 g/mol. The number of amides is 1. The number of benzene rings is 2. The maximum absolute atomic E-state index is 13.5. The highest BCUT2D eigenvalue weighted by Crippen LogP contribution is 2.39. The van der Waals surface area contributed by atoms with E-state index in [1.165, 1.54) is 21.8 Å². The van der Waals surface area contributed by atoms with Gasteiger partial charge in [-0.2, -0.15) is 5.10 Å². The summed E-state index contributed by atoms with van der Waals surface area (Å²) in [7, 11) is 1.72. The van der Waals surface area contributed by atoms with Crippen LogP contribution in [0.5, 0.6) is 5.75 Å². The Hall–Kier alpha value is -3.94. The average molecular weight is 401 g/mol. The monoisotopic (exact) mass is 401 g/mol. The quantitative estimate of drug-likeness (QED) is 0.526. The van der Waals surface area contributed by atoms with Gasteiger partial charge in [0.25, 0.3) is 5.56 Å². The molecule has 0 N–H and O–H groups in total. The van der Waals surface area contributed by atoms with Crippen molar-refractivity contribution in [2.24, 2.45) is 7.05 Å². The molecule has 8 nitrogen and oxygen atoms in total. The number of fused-ring (bicyclic) bond motifs is 2. The van der Waals surface area contributed by atoms with Crippen molar-refractivity contribution in [1.82, 2.24) is 19.3 Å². The Bertz CT molecular complexity index is 1300. The molecule has 8 heteroatoms. The minimum Gasteiger partial charge on any atom is -0.489 e. The highest BCUT2D eigenvalue weighted by Gasteiger charge is 2.33. The van der Waals surface area contributed by atoms with Gasteiger partial charge in [0, 0.05) is 7.05 Å². The van der Waals surface area contributed by atoms with Crippen LogP contribution in [0.3, 0.4) is 0 Å². The van der Waals surface area contributed by atoms with Crippen LogP contribution >= 0.6 is 0 Å². The number of ether oxygens (including phenoxy) is 1. The van der Waals surface area contributed by atoms with Crippen LogP contribution in [-0.2, 0) is 18.4 Å². The zero-order valence-electron chi connectivity index (χ0n) is 16.3. The normalized spacial score (nSPS) is 15.6. The lowest BCUT2D eigenvalue weighted by molar-refractivity contribution is -0.120. The molecule has 0 radical (unpaired) electrons. The van der Waals surface area contributed by atoms with E-state index in [0.29, 0.717) is 29.1 Å². The fourth-order valence-corrected chi connectivity index (χ4v) is 3.82. The Kier molecular flexibility index (Phi) is 4.31. The van der Waals surface area contributed by atoms with Crippen LogP contribution in [0.4, 0.5) is 5.69 Å². The second-order valence-corrected chi connectivity index (χ2v) is 7.15. The first-order valence-corrected chi connectivity index (χ1v) is 9.59. The van der Waals surface area contributed by atoms with Gasteiger partial charge in [-0.1, -0.05) is 42.5 Å². The molecule has 30 heavy (non-hydrogen) atoms. The molecule has 2 aromatic carbocycles. The molecule has 1 atom stereocenters. The fraction of sp³-hybridized carbons (Fsp3) is 0.182. The first kappa shape index (κ1) is 18.1. The number of rotatable bonds is 3. The third-order valence-corrected chi connectivity index (χ3v) is 5.31. The summed E-state index contributed by atoms with van der Waals surface area (Å²) in [5.41, 5.74) is 1.85. The molecule has 1 aliphatic rings. The summed E-state index contributed by atoms with van der Waals surface area (Å²) in [5.74, 6) is 0.429. The Balaban J connectivity index is 1.55. The zero-order chi connectivity index (χ0) is 20.7. The van der Waals surface area contributed by atoms with Gasteiger partial charge in [-0.05, 0) is 17.7 Å². The van der Waals surface area contributed by atoms with E-state index >= 15 is 0 Å². The van der Waals surface area contributed by atoms with Gasteiger partial charge in [-0.25, -0.2) is 4.98 Å². The molecule has 1 aliphatic heterocycles.